The predicted molar refractivity (Wildman–Crippen MR) is 97.4 cm³/mol. The van der Waals surface area contributed by atoms with Gasteiger partial charge in [-0.25, -0.2) is 18.6 Å². The number of hydrogen-bond donors (Lipinski definition) is 2. The second-order valence-corrected chi connectivity index (χ2v) is 5.67. The van der Waals surface area contributed by atoms with Gasteiger partial charge in [0.2, 0.25) is 5.78 Å². The van der Waals surface area contributed by atoms with Crippen LogP contribution in [0.15, 0.2) is 67.0 Å². The molecule has 134 valence electrons. The highest BCUT2D eigenvalue weighted by Crippen LogP contribution is 2.29. The quantitative estimate of drug-likeness (QED) is 0.568. The third-order valence-electron chi connectivity index (χ3n) is 3.86. The highest BCUT2D eigenvalue weighted by atomic mass is 19.2. The fourth-order valence-electron chi connectivity index (χ4n) is 2.69. The smallest absolute Gasteiger partial charge is 0.308 e. The van der Waals surface area contributed by atoms with E-state index in [2.05, 4.69) is 20.6 Å². The summed E-state index contributed by atoms with van der Waals surface area (Å²) < 4.78 is 28.6. The van der Waals surface area contributed by atoms with Gasteiger partial charge in [0.05, 0.1) is 5.69 Å². The van der Waals surface area contributed by atoms with Gasteiger partial charge < -0.3 is 5.32 Å². The van der Waals surface area contributed by atoms with Gasteiger partial charge in [0, 0.05) is 23.6 Å². The van der Waals surface area contributed by atoms with Crippen LogP contribution < -0.4 is 10.6 Å². The van der Waals surface area contributed by atoms with E-state index in [1.54, 1.807) is 47.1 Å². The number of carbonyl (C=O) groups excluding carboxylic acids is 1. The molecule has 0 saturated carbocycles. The summed E-state index contributed by atoms with van der Waals surface area (Å²) in [6, 6.07) is 13.5. The Morgan fingerprint density at radius 3 is 2.56 bits per heavy atom. The van der Waals surface area contributed by atoms with E-state index in [0.717, 1.165) is 12.1 Å². The zero-order valence-corrected chi connectivity index (χ0v) is 13.9. The predicted octanol–water partition coefficient (Wildman–Crippen LogP) is 4.32. The molecule has 4 aromatic rings. The van der Waals surface area contributed by atoms with E-state index in [0.29, 0.717) is 22.7 Å². The molecule has 27 heavy (non-hydrogen) atoms. The van der Waals surface area contributed by atoms with Crippen molar-refractivity contribution in [1.82, 2.24) is 14.4 Å². The minimum Gasteiger partial charge on any atom is -0.308 e. The number of rotatable bonds is 3. The van der Waals surface area contributed by atoms with E-state index in [1.165, 1.54) is 6.07 Å². The van der Waals surface area contributed by atoms with Crippen LogP contribution in [0, 0.1) is 11.6 Å². The van der Waals surface area contributed by atoms with E-state index in [1.807, 2.05) is 6.07 Å². The van der Waals surface area contributed by atoms with Gasteiger partial charge in [-0.3, -0.25) is 9.72 Å². The largest absolute Gasteiger partial charge is 0.324 e. The summed E-state index contributed by atoms with van der Waals surface area (Å²) in [5.41, 5.74) is 1.34. The molecule has 2 aromatic carbocycles. The van der Waals surface area contributed by atoms with Crippen LogP contribution in [-0.4, -0.2) is 20.4 Å². The molecule has 4 rings (SSSR count). The number of nitrogens with zero attached hydrogens (tertiary/aromatic N) is 3. The van der Waals surface area contributed by atoms with Gasteiger partial charge in [-0.2, -0.15) is 4.98 Å². The molecule has 2 amide bonds. The van der Waals surface area contributed by atoms with Crippen molar-refractivity contribution in [2.24, 2.45) is 0 Å². The van der Waals surface area contributed by atoms with Crippen LogP contribution in [0.4, 0.5) is 25.1 Å². The normalized spacial score (nSPS) is 10.7. The maximum absolute atomic E-state index is 13.7. The van der Waals surface area contributed by atoms with E-state index in [4.69, 9.17) is 0 Å². The molecule has 0 bridgehead atoms. The van der Waals surface area contributed by atoms with Crippen LogP contribution in [0.2, 0.25) is 0 Å². The van der Waals surface area contributed by atoms with Crippen molar-refractivity contribution >= 4 is 23.3 Å². The molecule has 0 aliphatic carbocycles. The Labute approximate surface area is 152 Å². The summed E-state index contributed by atoms with van der Waals surface area (Å²) in [6.07, 6.45) is 3.22. The Morgan fingerprint density at radius 2 is 1.78 bits per heavy atom. The Kier molecular flexibility index (Phi) is 4.21. The minimum atomic E-state index is -0.994. The van der Waals surface area contributed by atoms with Crippen LogP contribution in [0.1, 0.15) is 0 Å². The Bertz CT molecular complexity index is 1130. The average molecular weight is 365 g/mol. The lowest BCUT2D eigenvalue weighted by molar-refractivity contribution is 0.262. The molecule has 2 heterocycles. The summed E-state index contributed by atoms with van der Waals surface area (Å²) >= 11 is 0. The maximum Gasteiger partial charge on any atom is 0.324 e. The standard InChI is InChI=1S/C19H13F2N5O/c20-14-8-7-12(11-15(14)21)16-17(24-18-22-9-4-10-26(16)18)25-19(27)23-13-5-2-1-3-6-13/h1-11H,(H2,23,25,27). The number of urea groups is 1. The summed E-state index contributed by atoms with van der Waals surface area (Å²) in [7, 11) is 0. The van der Waals surface area contributed by atoms with Crippen molar-refractivity contribution < 1.29 is 13.6 Å². The first-order valence-electron chi connectivity index (χ1n) is 8.03. The number of fused-ring (bicyclic) bond motifs is 1. The highest BCUT2D eigenvalue weighted by Gasteiger charge is 2.18. The lowest BCUT2D eigenvalue weighted by Gasteiger charge is -2.08. The third-order valence-corrected chi connectivity index (χ3v) is 3.86. The molecule has 2 aromatic heterocycles. The molecule has 0 fully saturated rings. The fourth-order valence-corrected chi connectivity index (χ4v) is 2.69. The minimum absolute atomic E-state index is 0.174. The van der Waals surface area contributed by atoms with E-state index >= 15 is 0 Å². The number of halogens is 2. The second-order valence-electron chi connectivity index (χ2n) is 5.67. The summed E-state index contributed by atoms with van der Waals surface area (Å²) in [5.74, 6) is -1.46. The highest BCUT2D eigenvalue weighted by molar-refractivity contribution is 6.01. The van der Waals surface area contributed by atoms with Gasteiger partial charge in [-0.15, -0.1) is 0 Å². The molecule has 0 saturated heterocycles. The van der Waals surface area contributed by atoms with Crippen LogP contribution in [0.5, 0.6) is 0 Å². The zero-order chi connectivity index (χ0) is 18.8. The van der Waals surface area contributed by atoms with E-state index in [9.17, 15) is 13.6 Å². The lowest BCUT2D eigenvalue weighted by Crippen LogP contribution is -2.20. The number of benzene rings is 2. The molecule has 0 unspecified atom stereocenters. The van der Waals surface area contributed by atoms with Gasteiger partial charge in [0.15, 0.2) is 17.5 Å². The first-order chi connectivity index (χ1) is 13.1. The van der Waals surface area contributed by atoms with Crippen molar-refractivity contribution in [3.8, 4) is 11.3 Å². The van der Waals surface area contributed by atoms with Crippen LogP contribution in [-0.2, 0) is 0 Å². The van der Waals surface area contributed by atoms with Crippen molar-refractivity contribution in [1.29, 1.82) is 0 Å². The van der Waals surface area contributed by atoms with Crippen LogP contribution in [0.25, 0.3) is 17.0 Å². The first kappa shape index (κ1) is 16.6. The number of carbonyl (C=O) groups is 1. The van der Waals surface area contributed by atoms with Crippen molar-refractivity contribution in [3.63, 3.8) is 0 Å². The Morgan fingerprint density at radius 1 is 0.963 bits per heavy atom. The first-order valence-corrected chi connectivity index (χ1v) is 8.03. The number of nitrogens with one attached hydrogen (secondary N) is 2. The molecule has 0 aliphatic heterocycles. The molecular formula is C19H13F2N5O. The van der Waals surface area contributed by atoms with Gasteiger partial charge in [-0.1, -0.05) is 18.2 Å². The maximum atomic E-state index is 13.7. The van der Waals surface area contributed by atoms with Crippen LogP contribution in [0.3, 0.4) is 0 Å². The number of amides is 2. The number of hydrogen-bond acceptors (Lipinski definition) is 3. The van der Waals surface area contributed by atoms with Crippen LogP contribution >= 0.6 is 0 Å². The fraction of sp³-hybridized carbons (Fsp3) is 0. The number of aromatic nitrogens is 3. The van der Waals surface area contributed by atoms with Gasteiger partial charge in [0.1, 0.15) is 0 Å². The van der Waals surface area contributed by atoms with Gasteiger partial charge >= 0.3 is 6.03 Å². The summed E-state index contributed by atoms with van der Waals surface area (Å²) in [4.78, 5) is 20.8. The van der Waals surface area contributed by atoms with Crippen molar-refractivity contribution in [3.05, 3.63) is 78.6 Å². The van der Waals surface area contributed by atoms with Gasteiger partial charge in [0.25, 0.3) is 0 Å². The van der Waals surface area contributed by atoms with E-state index < -0.39 is 17.7 Å². The monoisotopic (exact) mass is 365 g/mol. The molecular weight excluding hydrogens is 352 g/mol. The molecule has 8 heteroatoms. The lowest BCUT2D eigenvalue weighted by atomic mass is 10.1. The Balaban J connectivity index is 1.74. The summed E-state index contributed by atoms with van der Waals surface area (Å²) in [5, 5.41) is 5.32. The molecule has 2 N–H and O–H groups in total. The van der Waals surface area contributed by atoms with Crippen molar-refractivity contribution in [2.75, 3.05) is 10.6 Å². The molecule has 0 spiro atoms. The molecule has 6 nitrogen and oxygen atoms in total. The van der Waals surface area contributed by atoms with E-state index in [-0.39, 0.29) is 5.82 Å². The number of para-hydroxylation sites is 1. The molecule has 0 atom stereocenters. The summed E-state index contributed by atoms with van der Waals surface area (Å²) in [6.45, 7) is 0. The van der Waals surface area contributed by atoms with Crippen molar-refractivity contribution in [2.45, 2.75) is 0 Å². The SMILES string of the molecule is O=C(Nc1ccccc1)Nc1nc2ncccn2c1-c1ccc(F)c(F)c1. The number of imidazole rings is 1. The topological polar surface area (TPSA) is 71.3 Å². The average Bonchev–Trinajstić information content (AvgIpc) is 3.02. The number of anilines is 2. The Hall–Kier alpha value is -3.81. The molecule has 0 radical (unpaired) electrons. The van der Waals surface area contributed by atoms with Gasteiger partial charge in [-0.05, 0) is 36.4 Å². The second kappa shape index (κ2) is 6.83. The molecule has 0 aliphatic rings. The zero-order valence-electron chi connectivity index (χ0n) is 13.9. The third kappa shape index (κ3) is 3.32.